The van der Waals surface area contributed by atoms with Crippen molar-refractivity contribution < 1.29 is 14.6 Å². The first kappa shape index (κ1) is 11.3. The van der Waals surface area contributed by atoms with Gasteiger partial charge in [0, 0.05) is 6.04 Å². The van der Waals surface area contributed by atoms with Gasteiger partial charge in [-0.05, 0) is 25.1 Å². The van der Waals surface area contributed by atoms with Crippen LogP contribution in [0.3, 0.4) is 0 Å². The van der Waals surface area contributed by atoms with E-state index in [-0.39, 0.29) is 11.6 Å². The van der Waals surface area contributed by atoms with Crippen molar-refractivity contribution in [2.24, 2.45) is 5.73 Å². The second kappa shape index (κ2) is 4.65. The van der Waals surface area contributed by atoms with E-state index in [0.717, 1.165) is 0 Å². The molecule has 5 nitrogen and oxygen atoms in total. The molecule has 0 heterocycles. The molecule has 0 aliphatic carbocycles. The van der Waals surface area contributed by atoms with Crippen LogP contribution >= 0.6 is 0 Å². The number of ether oxygens (including phenoxy) is 1. The molecule has 0 saturated carbocycles. The van der Waals surface area contributed by atoms with Crippen molar-refractivity contribution >= 4 is 11.7 Å². The first-order chi connectivity index (χ1) is 7.00. The molecular weight excluding hydrogens is 196 g/mol. The van der Waals surface area contributed by atoms with Gasteiger partial charge in [0.05, 0.1) is 11.3 Å². The van der Waals surface area contributed by atoms with Gasteiger partial charge < -0.3 is 21.3 Å². The minimum Gasteiger partial charge on any atom is -0.490 e. The molecule has 0 aliphatic rings. The summed E-state index contributed by atoms with van der Waals surface area (Å²) in [5.74, 6) is -0.558. The molecule has 0 amide bonds. The van der Waals surface area contributed by atoms with Gasteiger partial charge in [-0.2, -0.15) is 0 Å². The van der Waals surface area contributed by atoms with E-state index in [2.05, 4.69) is 0 Å². The number of carboxylic acids is 1. The lowest BCUT2D eigenvalue weighted by atomic mass is 10.2. The average Bonchev–Trinajstić information content (AvgIpc) is 2.15. The predicted octanol–water partition coefficient (Wildman–Crippen LogP) is 0.693. The van der Waals surface area contributed by atoms with E-state index < -0.39 is 5.97 Å². The van der Waals surface area contributed by atoms with Gasteiger partial charge in [-0.15, -0.1) is 0 Å². The number of nitrogens with two attached hydrogens (primary N) is 2. The third-order valence-corrected chi connectivity index (χ3v) is 1.76. The van der Waals surface area contributed by atoms with Gasteiger partial charge in [0.25, 0.3) is 0 Å². The van der Waals surface area contributed by atoms with Crippen molar-refractivity contribution in [2.75, 3.05) is 12.3 Å². The molecule has 0 radical (unpaired) electrons. The van der Waals surface area contributed by atoms with Gasteiger partial charge in [0.2, 0.25) is 0 Å². The highest BCUT2D eigenvalue weighted by Gasteiger charge is 2.07. The maximum absolute atomic E-state index is 10.6. The number of carbonyl (C=O) groups is 1. The van der Waals surface area contributed by atoms with Crippen LogP contribution in [0.5, 0.6) is 5.75 Å². The zero-order chi connectivity index (χ0) is 11.4. The van der Waals surface area contributed by atoms with Gasteiger partial charge in [-0.1, -0.05) is 0 Å². The smallest absolute Gasteiger partial charge is 0.335 e. The monoisotopic (exact) mass is 210 g/mol. The fourth-order valence-corrected chi connectivity index (χ4v) is 1.03. The van der Waals surface area contributed by atoms with E-state index in [1.54, 1.807) is 0 Å². The summed E-state index contributed by atoms with van der Waals surface area (Å²) in [6.45, 7) is 2.15. The van der Waals surface area contributed by atoms with Gasteiger partial charge in [0.1, 0.15) is 12.4 Å². The number of benzene rings is 1. The fourth-order valence-electron chi connectivity index (χ4n) is 1.03. The van der Waals surface area contributed by atoms with Gasteiger partial charge in [0.15, 0.2) is 0 Å². The number of carboxylic acid groups (broad SMARTS) is 1. The van der Waals surface area contributed by atoms with E-state index in [1.165, 1.54) is 18.2 Å². The Morgan fingerprint density at radius 1 is 1.60 bits per heavy atom. The van der Waals surface area contributed by atoms with Crippen molar-refractivity contribution in [2.45, 2.75) is 13.0 Å². The standard InChI is InChI=1S/C10H14N2O3/c1-6(11)5-15-9-3-2-7(10(13)14)4-8(9)12/h2-4,6H,5,11-12H2,1H3,(H,13,14). The second-order valence-electron chi connectivity index (χ2n) is 3.35. The fraction of sp³-hybridized carbons (Fsp3) is 0.300. The van der Waals surface area contributed by atoms with Gasteiger partial charge in [-0.3, -0.25) is 0 Å². The first-order valence-corrected chi connectivity index (χ1v) is 4.52. The maximum Gasteiger partial charge on any atom is 0.335 e. The molecule has 0 fully saturated rings. The highest BCUT2D eigenvalue weighted by Crippen LogP contribution is 2.22. The molecule has 5 heteroatoms. The molecule has 0 aliphatic heterocycles. The Hall–Kier alpha value is -1.75. The van der Waals surface area contributed by atoms with Crippen LogP contribution in [0.25, 0.3) is 0 Å². The molecule has 0 bridgehead atoms. The van der Waals surface area contributed by atoms with Crippen LogP contribution in [-0.4, -0.2) is 23.7 Å². The van der Waals surface area contributed by atoms with Crippen molar-refractivity contribution in [1.82, 2.24) is 0 Å². The normalized spacial score (nSPS) is 12.1. The molecule has 0 aromatic heterocycles. The SMILES string of the molecule is CC(N)COc1ccc(C(=O)O)cc1N. The summed E-state index contributed by atoms with van der Waals surface area (Å²) in [5.41, 5.74) is 11.6. The number of hydrogen-bond acceptors (Lipinski definition) is 4. The van der Waals surface area contributed by atoms with Crippen molar-refractivity contribution in [3.05, 3.63) is 23.8 Å². The highest BCUT2D eigenvalue weighted by molar-refractivity contribution is 5.89. The molecule has 1 rings (SSSR count). The summed E-state index contributed by atoms with van der Waals surface area (Å²) in [6, 6.07) is 4.23. The van der Waals surface area contributed by atoms with Crippen molar-refractivity contribution in [3.8, 4) is 5.75 Å². The topological polar surface area (TPSA) is 98.6 Å². The summed E-state index contributed by atoms with van der Waals surface area (Å²) < 4.78 is 5.29. The first-order valence-electron chi connectivity index (χ1n) is 4.52. The molecule has 1 atom stereocenters. The maximum atomic E-state index is 10.6. The van der Waals surface area contributed by atoms with Crippen LogP contribution in [0, 0.1) is 0 Å². The Balaban J connectivity index is 2.79. The van der Waals surface area contributed by atoms with Crippen molar-refractivity contribution in [1.29, 1.82) is 0 Å². The number of nitrogen functional groups attached to an aromatic ring is 1. The van der Waals surface area contributed by atoms with Gasteiger partial charge in [-0.25, -0.2) is 4.79 Å². The van der Waals surface area contributed by atoms with E-state index in [4.69, 9.17) is 21.3 Å². The molecular formula is C10H14N2O3. The molecule has 1 aromatic rings. The minimum absolute atomic E-state index is 0.0939. The third kappa shape index (κ3) is 3.14. The molecule has 1 unspecified atom stereocenters. The number of anilines is 1. The zero-order valence-corrected chi connectivity index (χ0v) is 8.43. The summed E-state index contributed by atoms with van der Waals surface area (Å²) in [7, 11) is 0. The van der Waals surface area contributed by atoms with E-state index in [9.17, 15) is 4.79 Å². The lowest BCUT2D eigenvalue weighted by Gasteiger charge is -2.11. The summed E-state index contributed by atoms with van der Waals surface area (Å²) in [6.07, 6.45) is 0. The quantitative estimate of drug-likeness (QED) is 0.635. The number of rotatable bonds is 4. The van der Waals surface area contributed by atoms with Gasteiger partial charge >= 0.3 is 5.97 Å². The Kier molecular flexibility index (Phi) is 3.51. The largest absolute Gasteiger partial charge is 0.490 e. The molecule has 15 heavy (non-hydrogen) atoms. The Bertz CT molecular complexity index is 364. The van der Waals surface area contributed by atoms with Crippen LogP contribution in [0.2, 0.25) is 0 Å². The second-order valence-corrected chi connectivity index (χ2v) is 3.35. The Morgan fingerprint density at radius 3 is 2.73 bits per heavy atom. The molecule has 5 N–H and O–H groups in total. The summed E-state index contributed by atoms with van der Waals surface area (Å²) in [4.78, 5) is 10.6. The average molecular weight is 210 g/mol. The Labute approximate surface area is 87.6 Å². The number of hydrogen-bond donors (Lipinski definition) is 3. The molecule has 1 aromatic carbocycles. The molecule has 0 spiro atoms. The van der Waals surface area contributed by atoms with E-state index in [1.807, 2.05) is 6.92 Å². The minimum atomic E-state index is -1.01. The predicted molar refractivity (Wildman–Crippen MR) is 57.0 cm³/mol. The zero-order valence-electron chi connectivity index (χ0n) is 8.43. The summed E-state index contributed by atoms with van der Waals surface area (Å²) >= 11 is 0. The summed E-state index contributed by atoms with van der Waals surface area (Å²) in [5, 5.41) is 8.70. The van der Waals surface area contributed by atoms with E-state index in [0.29, 0.717) is 18.0 Å². The third-order valence-electron chi connectivity index (χ3n) is 1.76. The van der Waals surface area contributed by atoms with Crippen LogP contribution in [0.4, 0.5) is 5.69 Å². The lowest BCUT2D eigenvalue weighted by Crippen LogP contribution is -2.23. The lowest BCUT2D eigenvalue weighted by molar-refractivity contribution is 0.0697. The molecule has 0 saturated heterocycles. The van der Waals surface area contributed by atoms with Crippen LogP contribution in [0.15, 0.2) is 18.2 Å². The van der Waals surface area contributed by atoms with Crippen LogP contribution < -0.4 is 16.2 Å². The highest BCUT2D eigenvalue weighted by atomic mass is 16.5. The number of aromatic carboxylic acids is 1. The van der Waals surface area contributed by atoms with Crippen molar-refractivity contribution in [3.63, 3.8) is 0 Å². The molecule has 82 valence electrons. The van der Waals surface area contributed by atoms with Crippen LogP contribution in [0.1, 0.15) is 17.3 Å². The Morgan fingerprint density at radius 2 is 2.27 bits per heavy atom. The van der Waals surface area contributed by atoms with Crippen LogP contribution in [-0.2, 0) is 0 Å². The van der Waals surface area contributed by atoms with E-state index >= 15 is 0 Å².